The van der Waals surface area contributed by atoms with Gasteiger partial charge in [0.1, 0.15) is 5.37 Å². The molecule has 2 heterocycles. The van der Waals surface area contributed by atoms with Crippen LogP contribution in [0.25, 0.3) is 0 Å². The SMILES string of the molecule is CSC1=C(C(=O)O)N2C(=O)[C@H](C(O)Cc3ccccc3)[C@H]2S1. The molecule has 1 amide bonds. The van der Waals surface area contributed by atoms with Gasteiger partial charge in [-0.1, -0.05) is 42.1 Å². The highest BCUT2D eigenvalue weighted by Gasteiger charge is 2.58. The minimum absolute atomic E-state index is 0.0515. The molecule has 0 spiro atoms. The number of aliphatic hydroxyl groups excluding tert-OH is 1. The molecule has 2 aliphatic heterocycles. The van der Waals surface area contributed by atoms with Gasteiger partial charge < -0.3 is 10.2 Å². The summed E-state index contributed by atoms with van der Waals surface area (Å²) in [5.41, 5.74) is 1.01. The Hall–Kier alpha value is -1.44. The van der Waals surface area contributed by atoms with E-state index in [-0.39, 0.29) is 17.0 Å². The third kappa shape index (κ3) is 2.43. The van der Waals surface area contributed by atoms with E-state index in [2.05, 4.69) is 0 Å². The highest BCUT2D eigenvalue weighted by atomic mass is 32.2. The minimum Gasteiger partial charge on any atom is -0.477 e. The lowest BCUT2D eigenvalue weighted by Gasteiger charge is -2.44. The molecule has 3 atom stereocenters. The molecule has 2 aliphatic rings. The van der Waals surface area contributed by atoms with Crippen LogP contribution in [-0.2, 0) is 16.0 Å². The van der Waals surface area contributed by atoms with Crippen LogP contribution in [0.5, 0.6) is 0 Å². The third-order valence-electron chi connectivity index (χ3n) is 3.84. The Morgan fingerprint density at radius 3 is 2.68 bits per heavy atom. The van der Waals surface area contributed by atoms with Crippen LogP contribution >= 0.6 is 23.5 Å². The number of carboxylic acids is 1. The number of carboxylic acid groups (broad SMARTS) is 1. The van der Waals surface area contributed by atoms with Crippen molar-refractivity contribution in [2.24, 2.45) is 5.92 Å². The summed E-state index contributed by atoms with van der Waals surface area (Å²) >= 11 is 2.68. The molecular weight excluding hydrogens is 322 g/mol. The summed E-state index contributed by atoms with van der Waals surface area (Å²) in [6, 6.07) is 9.47. The number of nitrogens with zero attached hydrogens (tertiary/aromatic N) is 1. The molecular formula is C15H15NO4S2. The maximum absolute atomic E-state index is 12.3. The van der Waals surface area contributed by atoms with Gasteiger partial charge in [-0.3, -0.25) is 9.69 Å². The molecule has 0 bridgehead atoms. The fraction of sp³-hybridized carbons (Fsp3) is 0.333. The summed E-state index contributed by atoms with van der Waals surface area (Å²) in [5.74, 6) is -1.95. The van der Waals surface area contributed by atoms with E-state index in [0.717, 1.165) is 5.56 Å². The largest absolute Gasteiger partial charge is 0.477 e. The van der Waals surface area contributed by atoms with Gasteiger partial charge in [0, 0.05) is 0 Å². The fourth-order valence-corrected chi connectivity index (χ4v) is 5.12. The molecule has 1 fully saturated rings. The minimum atomic E-state index is -1.09. The van der Waals surface area contributed by atoms with Crippen LogP contribution in [0.3, 0.4) is 0 Å². The summed E-state index contributed by atoms with van der Waals surface area (Å²) < 4.78 is 0.625. The molecule has 22 heavy (non-hydrogen) atoms. The molecule has 0 aliphatic carbocycles. The highest BCUT2D eigenvalue weighted by Crippen LogP contribution is 2.53. The van der Waals surface area contributed by atoms with E-state index in [1.54, 1.807) is 6.26 Å². The Balaban J connectivity index is 1.75. The molecule has 0 radical (unpaired) electrons. The first-order chi connectivity index (χ1) is 10.5. The number of carbonyl (C=O) groups is 2. The van der Waals surface area contributed by atoms with Crippen LogP contribution in [0.2, 0.25) is 0 Å². The molecule has 1 saturated heterocycles. The second-order valence-electron chi connectivity index (χ2n) is 5.14. The van der Waals surface area contributed by atoms with E-state index in [9.17, 15) is 19.8 Å². The zero-order valence-electron chi connectivity index (χ0n) is 11.8. The fourth-order valence-electron chi connectivity index (χ4n) is 2.79. The normalized spacial score (nSPS) is 25.0. The summed E-state index contributed by atoms with van der Waals surface area (Å²) in [4.78, 5) is 24.9. The number of hydrogen-bond donors (Lipinski definition) is 2. The molecule has 7 heteroatoms. The lowest BCUT2D eigenvalue weighted by molar-refractivity contribution is -0.157. The van der Waals surface area contributed by atoms with Crippen molar-refractivity contribution in [2.45, 2.75) is 17.9 Å². The lowest BCUT2D eigenvalue weighted by atomic mass is 9.88. The molecule has 1 aromatic rings. The van der Waals surface area contributed by atoms with Gasteiger partial charge in [0.2, 0.25) is 5.91 Å². The van der Waals surface area contributed by atoms with Crippen molar-refractivity contribution in [2.75, 3.05) is 6.26 Å². The number of thioether (sulfide) groups is 2. The van der Waals surface area contributed by atoms with Crippen LogP contribution in [0.15, 0.2) is 40.3 Å². The number of amides is 1. The van der Waals surface area contributed by atoms with Gasteiger partial charge in [0.05, 0.1) is 16.3 Å². The topological polar surface area (TPSA) is 77.8 Å². The standard InChI is InChI=1S/C15H15NO4S2/c1-21-15-11(14(19)20)16-12(18)10(13(16)22-15)9(17)7-8-5-3-2-4-6-8/h2-6,9-10,13,17H,7H2,1H3,(H,19,20)/t9?,10-,13+/m0/s1. The molecule has 5 nitrogen and oxygen atoms in total. The molecule has 116 valence electrons. The Labute approximate surface area is 136 Å². The van der Waals surface area contributed by atoms with Crippen molar-refractivity contribution >= 4 is 35.4 Å². The van der Waals surface area contributed by atoms with Crippen LogP contribution in [0.4, 0.5) is 0 Å². The first-order valence-electron chi connectivity index (χ1n) is 6.78. The molecule has 0 saturated carbocycles. The quantitative estimate of drug-likeness (QED) is 0.797. The predicted octanol–water partition coefficient (Wildman–Crippen LogP) is 1.74. The number of carbonyl (C=O) groups excluding carboxylic acids is 1. The molecule has 3 rings (SSSR count). The van der Waals surface area contributed by atoms with Crippen LogP contribution in [0, 0.1) is 5.92 Å². The van der Waals surface area contributed by atoms with Crippen LogP contribution in [-0.4, -0.2) is 44.7 Å². The van der Waals surface area contributed by atoms with E-state index >= 15 is 0 Å². The summed E-state index contributed by atoms with van der Waals surface area (Å²) in [6.07, 6.45) is 1.37. The van der Waals surface area contributed by atoms with Gasteiger partial charge in [-0.05, 0) is 18.2 Å². The van der Waals surface area contributed by atoms with E-state index in [0.29, 0.717) is 10.7 Å². The summed E-state index contributed by atoms with van der Waals surface area (Å²) in [6.45, 7) is 0. The number of aliphatic hydroxyl groups is 1. The smallest absolute Gasteiger partial charge is 0.354 e. The molecule has 1 aromatic carbocycles. The first-order valence-corrected chi connectivity index (χ1v) is 8.88. The van der Waals surface area contributed by atoms with E-state index in [1.807, 2.05) is 30.3 Å². The Kier molecular flexibility index (Phi) is 4.20. The van der Waals surface area contributed by atoms with E-state index < -0.39 is 18.0 Å². The van der Waals surface area contributed by atoms with Crippen molar-refractivity contribution in [3.63, 3.8) is 0 Å². The monoisotopic (exact) mass is 337 g/mol. The number of hydrogen-bond acceptors (Lipinski definition) is 5. The maximum Gasteiger partial charge on any atom is 0.354 e. The van der Waals surface area contributed by atoms with E-state index in [1.165, 1.54) is 28.4 Å². The van der Waals surface area contributed by atoms with Gasteiger partial charge in [-0.25, -0.2) is 4.79 Å². The second kappa shape index (κ2) is 5.98. The number of β-lactam (4-membered cyclic amide) rings is 1. The van der Waals surface area contributed by atoms with Crippen molar-refractivity contribution in [3.8, 4) is 0 Å². The average Bonchev–Trinajstić information content (AvgIpc) is 2.83. The number of fused-ring (bicyclic) bond motifs is 1. The Morgan fingerprint density at radius 2 is 2.09 bits per heavy atom. The number of rotatable bonds is 5. The highest BCUT2D eigenvalue weighted by molar-refractivity contribution is 8.22. The zero-order valence-corrected chi connectivity index (χ0v) is 13.4. The van der Waals surface area contributed by atoms with Gasteiger partial charge in [0.25, 0.3) is 0 Å². The van der Waals surface area contributed by atoms with Gasteiger partial charge in [-0.2, -0.15) is 0 Å². The molecule has 2 N–H and O–H groups in total. The summed E-state index contributed by atoms with van der Waals surface area (Å²) in [5, 5.41) is 19.4. The Morgan fingerprint density at radius 1 is 1.41 bits per heavy atom. The van der Waals surface area contributed by atoms with Crippen LogP contribution < -0.4 is 0 Å². The van der Waals surface area contributed by atoms with Crippen molar-refractivity contribution < 1.29 is 19.8 Å². The van der Waals surface area contributed by atoms with Crippen molar-refractivity contribution in [1.82, 2.24) is 4.90 Å². The second-order valence-corrected chi connectivity index (χ2v) is 7.35. The van der Waals surface area contributed by atoms with Crippen molar-refractivity contribution in [1.29, 1.82) is 0 Å². The molecule has 1 unspecified atom stereocenters. The van der Waals surface area contributed by atoms with Crippen LogP contribution in [0.1, 0.15) is 5.56 Å². The lowest BCUT2D eigenvalue weighted by Crippen LogP contribution is -2.61. The summed E-state index contributed by atoms with van der Waals surface area (Å²) in [7, 11) is 0. The predicted molar refractivity (Wildman–Crippen MR) is 86.0 cm³/mol. The number of aliphatic carboxylic acids is 1. The zero-order chi connectivity index (χ0) is 15.9. The van der Waals surface area contributed by atoms with Gasteiger partial charge >= 0.3 is 5.97 Å². The van der Waals surface area contributed by atoms with E-state index in [4.69, 9.17) is 0 Å². The maximum atomic E-state index is 12.3. The Bertz CT molecular complexity index is 646. The average molecular weight is 337 g/mol. The van der Waals surface area contributed by atoms with Crippen molar-refractivity contribution in [3.05, 3.63) is 45.8 Å². The molecule has 0 aromatic heterocycles. The third-order valence-corrected chi connectivity index (χ3v) is 6.34. The van der Waals surface area contributed by atoms with Gasteiger partial charge in [-0.15, -0.1) is 11.8 Å². The van der Waals surface area contributed by atoms with Gasteiger partial charge in [0.15, 0.2) is 5.70 Å². The first kappa shape index (κ1) is 15.5. The number of benzene rings is 1.